The van der Waals surface area contributed by atoms with E-state index >= 15 is 0 Å². The van der Waals surface area contributed by atoms with E-state index in [1.54, 1.807) is 0 Å². The van der Waals surface area contributed by atoms with Gasteiger partial charge in [-0.25, -0.2) is 8.42 Å². The second kappa shape index (κ2) is 8.08. The van der Waals surface area contributed by atoms with Crippen LogP contribution in [0.1, 0.15) is 24.2 Å². The Kier molecular flexibility index (Phi) is 5.95. The molecular formula is C19H21ClN2O5S. The molecule has 0 bridgehead atoms. The van der Waals surface area contributed by atoms with Crippen LogP contribution in [0, 0.1) is 0 Å². The molecular weight excluding hydrogens is 404 g/mol. The van der Waals surface area contributed by atoms with Gasteiger partial charge in [-0.2, -0.15) is 4.31 Å². The Morgan fingerprint density at radius 2 is 1.75 bits per heavy atom. The van der Waals surface area contributed by atoms with Crippen LogP contribution in [0.3, 0.4) is 0 Å². The Bertz CT molecular complexity index is 968. The molecule has 1 fully saturated rings. The number of carbonyl (C=O) groups is 1. The standard InChI is InChI=1S/C19H21ClN2O5S/c1-12-10-22(11-13(2)27-12)28(25,26)16-7-8-18(20)17(9-16)19(24)21-14-3-5-15(23)6-4-14/h3-9,12-13,23H,10-11H2,1-2H3,(H,21,24)/t12-,13-/m0/s1. The molecule has 0 radical (unpaired) electrons. The number of anilines is 1. The molecule has 0 aliphatic carbocycles. The molecule has 0 aromatic heterocycles. The third kappa shape index (κ3) is 4.47. The first kappa shape index (κ1) is 20.6. The van der Waals surface area contributed by atoms with Crippen LogP contribution in [-0.4, -0.2) is 49.0 Å². The van der Waals surface area contributed by atoms with Crippen molar-refractivity contribution in [1.82, 2.24) is 4.31 Å². The first-order valence-electron chi connectivity index (χ1n) is 8.72. The van der Waals surface area contributed by atoms with Gasteiger partial charge in [0.15, 0.2) is 0 Å². The molecule has 2 N–H and O–H groups in total. The molecule has 150 valence electrons. The molecule has 3 rings (SSSR count). The van der Waals surface area contributed by atoms with E-state index in [0.29, 0.717) is 5.69 Å². The number of phenolic OH excluding ortho intramolecular Hbond substituents is 1. The van der Waals surface area contributed by atoms with E-state index in [9.17, 15) is 18.3 Å². The van der Waals surface area contributed by atoms with Gasteiger partial charge < -0.3 is 15.2 Å². The third-order valence-corrected chi connectivity index (χ3v) is 6.49. The maximum Gasteiger partial charge on any atom is 0.257 e. The average molecular weight is 425 g/mol. The van der Waals surface area contributed by atoms with Gasteiger partial charge in [-0.15, -0.1) is 0 Å². The Labute approximate surface area is 168 Å². The molecule has 1 saturated heterocycles. The number of ether oxygens (including phenoxy) is 1. The lowest BCUT2D eigenvalue weighted by Gasteiger charge is -2.34. The predicted octanol–water partition coefficient (Wildman–Crippen LogP) is 3.10. The lowest BCUT2D eigenvalue weighted by Crippen LogP contribution is -2.48. The number of nitrogens with zero attached hydrogens (tertiary/aromatic N) is 1. The van der Waals surface area contributed by atoms with Crippen LogP contribution in [0.15, 0.2) is 47.4 Å². The van der Waals surface area contributed by atoms with Crippen molar-refractivity contribution in [2.45, 2.75) is 31.0 Å². The molecule has 0 spiro atoms. The second-order valence-corrected chi connectivity index (χ2v) is 9.07. The second-order valence-electron chi connectivity index (χ2n) is 6.72. The number of aromatic hydroxyl groups is 1. The Hall–Kier alpha value is -2.13. The van der Waals surface area contributed by atoms with E-state index in [1.165, 1.54) is 46.8 Å². The summed E-state index contributed by atoms with van der Waals surface area (Å²) >= 11 is 6.14. The number of hydrogen-bond donors (Lipinski definition) is 2. The van der Waals surface area contributed by atoms with Gasteiger partial charge in [0.1, 0.15) is 5.75 Å². The minimum Gasteiger partial charge on any atom is -0.508 e. The number of halogens is 1. The number of amides is 1. The van der Waals surface area contributed by atoms with Crippen LogP contribution in [0.5, 0.6) is 5.75 Å². The molecule has 1 aliphatic heterocycles. The molecule has 1 heterocycles. The first-order valence-corrected chi connectivity index (χ1v) is 10.5. The molecule has 2 aromatic carbocycles. The maximum atomic E-state index is 13.0. The van der Waals surface area contributed by atoms with E-state index < -0.39 is 15.9 Å². The van der Waals surface area contributed by atoms with Crippen LogP contribution in [0.4, 0.5) is 5.69 Å². The summed E-state index contributed by atoms with van der Waals surface area (Å²) in [7, 11) is -3.80. The summed E-state index contributed by atoms with van der Waals surface area (Å²) in [5.41, 5.74) is 0.494. The highest BCUT2D eigenvalue weighted by molar-refractivity contribution is 7.89. The van der Waals surface area contributed by atoms with Gasteiger partial charge in [0, 0.05) is 18.8 Å². The van der Waals surface area contributed by atoms with Crippen LogP contribution in [0.2, 0.25) is 5.02 Å². The van der Waals surface area contributed by atoms with Crippen molar-refractivity contribution >= 4 is 33.2 Å². The highest BCUT2D eigenvalue weighted by Crippen LogP contribution is 2.26. The van der Waals surface area contributed by atoms with Crippen molar-refractivity contribution in [3.05, 3.63) is 53.1 Å². The minimum atomic E-state index is -3.80. The van der Waals surface area contributed by atoms with Gasteiger partial charge in [-0.1, -0.05) is 11.6 Å². The zero-order valence-electron chi connectivity index (χ0n) is 15.4. The Balaban J connectivity index is 1.88. The SMILES string of the molecule is C[C@H]1CN(S(=O)(=O)c2ccc(Cl)c(C(=O)Nc3ccc(O)cc3)c2)C[C@H](C)O1. The van der Waals surface area contributed by atoms with Gasteiger partial charge in [0.05, 0.1) is 27.7 Å². The summed E-state index contributed by atoms with van der Waals surface area (Å²) in [5, 5.41) is 12.1. The topological polar surface area (TPSA) is 95.9 Å². The van der Waals surface area contributed by atoms with E-state index in [2.05, 4.69) is 5.32 Å². The number of sulfonamides is 1. The number of hydrogen-bond acceptors (Lipinski definition) is 5. The molecule has 0 unspecified atom stereocenters. The van der Waals surface area contributed by atoms with Gasteiger partial charge >= 0.3 is 0 Å². The van der Waals surface area contributed by atoms with Crippen molar-refractivity contribution in [1.29, 1.82) is 0 Å². The predicted molar refractivity (Wildman–Crippen MR) is 106 cm³/mol. The van der Waals surface area contributed by atoms with Gasteiger partial charge in [0.2, 0.25) is 10.0 Å². The van der Waals surface area contributed by atoms with Gasteiger partial charge in [-0.3, -0.25) is 4.79 Å². The monoisotopic (exact) mass is 424 g/mol. The minimum absolute atomic E-state index is 0.00550. The summed E-state index contributed by atoms with van der Waals surface area (Å²) in [5.74, 6) is -0.477. The van der Waals surface area contributed by atoms with Gasteiger partial charge in [0.25, 0.3) is 5.91 Å². The van der Waals surface area contributed by atoms with Crippen molar-refractivity contribution in [3.8, 4) is 5.75 Å². The number of morpholine rings is 1. The molecule has 7 nitrogen and oxygen atoms in total. The van der Waals surface area contributed by atoms with Crippen molar-refractivity contribution < 1.29 is 23.1 Å². The number of benzene rings is 2. The Morgan fingerprint density at radius 3 is 2.36 bits per heavy atom. The van der Waals surface area contributed by atoms with Gasteiger partial charge in [-0.05, 0) is 56.3 Å². The summed E-state index contributed by atoms with van der Waals surface area (Å²) in [6, 6.07) is 9.97. The summed E-state index contributed by atoms with van der Waals surface area (Å²) in [6.07, 6.45) is -0.439. The summed E-state index contributed by atoms with van der Waals surface area (Å²) in [4.78, 5) is 12.6. The highest BCUT2D eigenvalue weighted by atomic mass is 35.5. The number of rotatable bonds is 4. The molecule has 9 heteroatoms. The average Bonchev–Trinajstić information content (AvgIpc) is 2.63. The maximum absolute atomic E-state index is 13.0. The first-order chi connectivity index (χ1) is 13.2. The molecule has 1 aliphatic rings. The molecule has 28 heavy (non-hydrogen) atoms. The smallest absolute Gasteiger partial charge is 0.257 e. The Morgan fingerprint density at radius 1 is 1.14 bits per heavy atom. The largest absolute Gasteiger partial charge is 0.508 e. The molecule has 2 aromatic rings. The van der Waals surface area contributed by atoms with Crippen molar-refractivity contribution in [2.75, 3.05) is 18.4 Å². The van der Waals surface area contributed by atoms with Crippen LogP contribution in [0.25, 0.3) is 0 Å². The van der Waals surface area contributed by atoms with E-state index in [-0.39, 0.29) is 46.5 Å². The summed E-state index contributed by atoms with van der Waals surface area (Å²) < 4.78 is 33.0. The number of nitrogens with one attached hydrogen (secondary N) is 1. The quantitative estimate of drug-likeness (QED) is 0.735. The zero-order chi connectivity index (χ0) is 20.5. The van der Waals surface area contributed by atoms with Crippen molar-refractivity contribution in [3.63, 3.8) is 0 Å². The molecule has 1 amide bonds. The zero-order valence-corrected chi connectivity index (χ0v) is 17.0. The third-order valence-electron chi connectivity index (χ3n) is 4.33. The van der Waals surface area contributed by atoms with E-state index in [0.717, 1.165) is 0 Å². The van der Waals surface area contributed by atoms with E-state index in [4.69, 9.17) is 16.3 Å². The van der Waals surface area contributed by atoms with Crippen LogP contribution >= 0.6 is 11.6 Å². The lowest BCUT2D eigenvalue weighted by atomic mass is 10.2. The van der Waals surface area contributed by atoms with Crippen molar-refractivity contribution in [2.24, 2.45) is 0 Å². The fraction of sp³-hybridized carbons (Fsp3) is 0.316. The fourth-order valence-electron chi connectivity index (χ4n) is 3.06. The molecule has 2 atom stereocenters. The fourth-order valence-corrected chi connectivity index (χ4v) is 4.88. The molecule has 0 saturated carbocycles. The lowest BCUT2D eigenvalue weighted by molar-refractivity contribution is -0.0440. The normalized spacial score (nSPS) is 20.7. The van der Waals surface area contributed by atoms with Crippen LogP contribution in [-0.2, 0) is 14.8 Å². The van der Waals surface area contributed by atoms with E-state index in [1.807, 2.05) is 13.8 Å². The van der Waals surface area contributed by atoms with Crippen LogP contribution < -0.4 is 5.32 Å². The highest BCUT2D eigenvalue weighted by Gasteiger charge is 2.32. The number of phenols is 1. The summed E-state index contributed by atoms with van der Waals surface area (Å²) in [6.45, 7) is 4.11. The number of carbonyl (C=O) groups excluding carboxylic acids is 1.